The molecular weight excluding hydrogens is 309 g/mol. The lowest BCUT2D eigenvalue weighted by atomic mass is 10.5. The van der Waals surface area contributed by atoms with Crippen molar-refractivity contribution in [2.24, 2.45) is 0 Å². The maximum Gasteiger partial charge on any atom is 0.445 e. The molecule has 0 spiro atoms. The van der Waals surface area contributed by atoms with E-state index in [0.717, 1.165) is 0 Å². The van der Waals surface area contributed by atoms with Gasteiger partial charge < -0.3 is 10.2 Å². The topological polar surface area (TPSA) is 75.9 Å². The van der Waals surface area contributed by atoms with Crippen molar-refractivity contribution in [3.05, 3.63) is 17.3 Å². The Hall–Kier alpha value is -2.17. The molecule has 114 valence electrons. The van der Waals surface area contributed by atoms with Crippen molar-refractivity contribution in [3.8, 4) is 0 Å². The van der Waals surface area contributed by atoms with E-state index in [-0.39, 0.29) is 23.4 Å². The van der Waals surface area contributed by atoms with Gasteiger partial charge in [0.05, 0.1) is 0 Å². The molecule has 0 aliphatic rings. The van der Waals surface area contributed by atoms with Crippen LogP contribution in [0.3, 0.4) is 0 Å². The van der Waals surface area contributed by atoms with E-state index in [2.05, 4.69) is 20.6 Å². The zero-order chi connectivity index (χ0) is 15.6. The van der Waals surface area contributed by atoms with Gasteiger partial charge >= 0.3 is 6.18 Å². The Bertz CT molecular complexity index is 635. The molecular formula is C10H11F3N6OS. The van der Waals surface area contributed by atoms with E-state index >= 15 is 0 Å². The normalized spacial score (nSPS) is 11.5. The van der Waals surface area contributed by atoms with Crippen LogP contribution >= 0.6 is 11.3 Å². The van der Waals surface area contributed by atoms with Gasteiger partial charge in [-0.05, 0) is 0 Å². The molecule has 0 aliphatic heterocycles. The van der Waals surface area contributed by atoms with Crippen molar-refractivity contribution >= 4 is 28.2 Å². The van der Waals surface area contributed by atoms with E-state index in [1.54, 1.807) is 14.1 Å². The van der Waals surface area contributed by atoms with Crippen LogP contribution in [0, 0.1) is 0 Å². The number of alkyl halides is 3. The maximum absolute atomic E-state index is 12.4. The quantitative estimate of drug-likeness (QED) is 0.926. The number of aromatic nitrogens is 4. The molecule has 0 atom stereocenters. The molecule has 11 heteroatoms. The van der Waals surface area contributed by atoms with Crippen molar-refractivity contribution in [3.63, 3.8) is 0 Å². The van der Waals surface area contributed by atoms with E-state index in [9.17, 15) is 18.0 Å². The molecule has 2 aromatic rings. The minimum atomic E-state index is -4.52. The average Bonchev–Trinajstić information content (AvgIpc) is 2.98. The van der Waals surface area contributed by atoms with Gasteiger partial charge in [0.25, 0.3) is 0 Å². The van der Waals surface area contributed by atoms with Crippen LogP contribution in [0.25, 0.3) is 0 Å². The van der Waals surface area contributed by atoms with E-state index in [1.165, 1.54) is 21.8 Å². The standard InChI is InChI=1S/C10H11F3N6OS/c1-18(2)7(20)5-19-4-3-6(17-19)14-9-16-15-8(21-9)10(11,12)13/h3-4H,5H2,1-2H3,(H,14,16,17). The molecule has 0 aromatic carbocycles. The van der Waals surface area contributed by atoms with Gasteiger partial charge in [-0.1, -0.05) is 11.3 Å². The van der Waals surface area contributed by atoms with Gasteiger partial charge in [0.1, 0.15) is 6.54 Å². The summed E-state index contributed by atoms with van der Waals surface area (Å²) in [5.41, 5.74) is 0. The Kier molecular flexibility index (Phi) is 4.11. The highest BCUT2D eigenvalue weighted by atomic mass is 32.1. The lowest BCUT2D eigenvalue weighted by molar-refractivity contribution is -0.138. The third-order valence-electron chi connectivity index (χ3n) is 2.34. The van der Waals surface area contributed by atoms with Gasteiger partial charge in [0, 0.05) is 26.4 Å². The number of carbonyl (C=O) groups excluding carboxylic acids is 1. The van der Waals surface area contributed by atoms with Gasteiger partial charge in [-0.25, -0.2) is 0 Å². The van der Waals surface area contributed by atoms with Crippen molar-refractivity contribution in [1.82, 2.24) is 24.9 Å². The van der Waals surface area contributed by atoms with Crippen LogP contribution < -0.4 is 5.32 Å². The minimum absolute atomic E-state index is 0.0217. The predicted octanol–water partition coefficient (Wildman–Crippen LogP) is 1.59. The molecule has 2 rings (SSSR count). The first kappa shape index (κ1) is 15.2. The third-order valence-corrected chi connectivity index (χ3v) is 3.22. The Morgan fingerprint density at radius 2 is 2.14 bits per heavy atom. The molecule has 0 radical (unpaired) electrons. The van der Waals surface area contributed by atoms with Crippen molar-refractivity contribution < 1.29 is 18.0 Å². The number of halogens is 3. The van der Waals surface area contributed by atoms with Crippen LogP contribution in [-0.4, -0.2) is 44.9 Å². The van der Waals surface area contributed by atoms with Crippen molar-refractivity contribution in [1.29, 1.82) is 0 Å². The smallest absolute Gasteiger partial charge is 0.347 e. The molecule has 1 N–H and O–H groups in total. The number of anilines is 2. The van der Waals surface area contributed by atoms with E-state index in [4.69, 9.17) is 0 Å². The molecule has 2 aromatic heterocycles. The molecule has 7 nitrogen and oxygen atoms in total. The lowest BCUT2D eigenvalue weighted by Crippen LogP contribution is -2.26. The van der Waals surface area contributed by atoms with Crippen LogP contribution in [0.15, 0.2) is 12.3 Å². The summed E-state index contributed by atoms with van der Waals surface area (Å²) in [7, 11) is 3.23. The van der Waals surface area contributed by atoms with Crippen molar-refractivity contribution in [2.45, 2.75) is 12.7 Å². The Morgan fingerprint density at radius 1 is 1.43 bits per heavy atom. The first-order valence-electron chi connectivity index (χ1n) is 5.67. The minimum Gasteiger partial charge on any atom is -0.347 e. The van der Waals surface area contributed by atoms with Crippen LogP contribution in [0.4, 0.5) is 24.1 Å². The molecule has 0 saturated heterocycles. The number of hydrogen-bond donors (Lipinski definition) is 1. The molecule has 0 fully saturated rings. The summed E-state index contributed by atoms with van der Waals surface area (Å²) < 4.78 is 38.5. The Morgan fingerprint density at radius 3 is 2.71 bits per heavy atom. The van der Waals surface area contributed by atoms with E-state index < -0.39 is 11.2 Å². The van der Waals surface area contributed by atoms with Crippen LogP contribution in [0.5, 0.6) is 0 Å². The first-order chi connectivity index (χ1) is 9.75. The number of likely N-dealkylation sites (N-methyl/N-ethyl adjacent to an activating group) is 1. The lowest BCUT2D eigenvalue weighted by Gasteiger charge is -2.09. The van der Waals surface area contributed by atoms with Crippen LogP contribution in [-0.2, 0) is 17.5 Å². The summed E-state index contributed by atoms with van der Waals surface area (Å²) >= 11 is 0.380. The fourth-order valence-corrected chi connectivity index (χ4v) is 1.91. The molecule has 0 saturated carbocycles. The molecule has 0 unspecified atom stereocenters. The number of hydrogen-bond acceptors (Lipinski definition) is 6. The largest absolute Gasteiger partial charge is 0.445 e. The van der Waals surface area contributed by atoms with Gasteiger partial charge in [0.15, 0.2) is 5.82 Å². The van der Waals surface area contributed by atoms with Gasteiger partial charge in [-0.3, -0.25) is 9.48 Å². The molecule has 2 heterocycles. The summed E-state index contributed by atoms with van der Waals surface area (Å²) in [6.07, 6.45) is -2.98. The molecule has 21 heavy (non-hydrogen) atoms. The van der Waals surface area contributed by atoms with Crippen LogP contribution in [0.2, 0.25) is 0 Å². The molecule has 1 amide bonds. The summed E-state index contributed by atoms with van der Waals surface area (Å²) in [4.78, 5) is 12.9. The van der Waals surface area contributed by atoms with E-state index in [1.807, 2.05) is 0 Å². The number of amides is 1. The summed E-state index contributed by atoms with van der Waals surface area (Å²) in [5.74, 6) is 0.131. The number of nitrogens with one attached hydrogen (secondary N) is 1. The summed E-state index contributed by atoms with van der Waals surface area (Å²) in [6, 6.07) is 1.53. The first-order valence-corrected chi connectivity index (χ1v) is 6.48. The highest BCUT2D eigenvalue weighted by Gasteiger charge is 2.35. The SMILES string of the molecule is CN(C)C(=O)Cn1ccc(Nc2nnc(C(F)(F)F)s2)n1. The Labute approximate surface area is 121 Å². The number of carbonyl (C=O) groups is 1. The zero-order valence-electron chi connectivity index (χ0n) is 11.0. The van der Waals surface area contributed by atoms with Crippen LogP contribution in [0.1, 0.15) is 5.01 Å². The van der Waals surface area contributed by atoms with Gasteiger partial charge in [-0.2, -0.15) is 18.3 Å². The Balaban J connectivity index is 2.02. The fourth-order valence-electron chi connectivity index (χ4n) is 1.29. The van der Waals surface area contributed by atoms with Gasteiger partial charge in [-0.15, -0.1) is 10.2 Å². The molecule has 0 bridgehead atoms. The second-order valence-electron chi connectivity index (χ2n) is 4.22. The highest BCUT2D eigenvalue weighted by molar-refractivity contribution is 7.15. The number of rotatable bonds is 4. The summed E-state index contributed by atoms with van der Waals surface area (Å²) in [5, 5.41) is 12.0. The highest BCUT2D eigenvalue weighted by Crippen LogP contribution is 2.33. The summed E-state index contributed by atoms with van der Waals surface area (Å²) in [6.45, 7) is 0.0403. The van der Waals surface area contributed by atoms with E-state index in [0.29, 0.717) is 11.3 Å². The zero-order valence-corrected chi connectivity index (χ0v) is 11.9. The molecule has 0 aliphatic carbocycles. The third kappa shape index (κ3) is 3.90. The second kappa shape index (κ2) is 5.68. The predicted molar refractivity (Wildman–Crippen MR) is 69.1 cm³/mol. The monoisotopic (exact) mass is 320 g/mol. The van der Waals surface area contributed by atoms with Crippen molar-refractivity contribution in [2.75, 3.05) is 19.4 Å². The fraction of sp³-hybridized carbons (Fsp3) is 0.400. The van der Waals surface area contributed by atoms with Gasteiger partial charge in [0.2, 0.25) is 16.0 Å². The second-order valence-corrected chi connectivity index (χ2v) is 5.20. The maximum atomic E-state index is 12.4. The number of nitrogens with zero attached hydrogens (tertiary/aromatic N) is 5. The average molecular weight is 320 g/mol.